The summed E-state index contributed by atoms with van der Waals surface area (Å²) < 4.78 is 4.95. The summed E-state index contributed by atoms with van der Waals surface area (Å²) in [5.41, 5.74) is 3.99. The Balaban J connectivity index is 1.81. The highest BCUT2D eigenvalue weighted by Crippen LogP contribution is 2.29. The van der Waals surface area contributed by atoms with Crippen LogP contribution >= 0.6 is 11.3 Å². The number of amides is 1. The third-order valence-corrected chi connectivity index (χ3v) is 4.92. The number of nitro groups is 1. The number of aromatic nitrogens is 1. The van der Waals surface area contributed by atoms with Gasteiger partial charge in [-0.15, -0.1) is 11.3 Å². The number of aryl methyl sites for hydroxylation is 2. The van der Waals surface area contributed by atoms with Crippen molar-refractivity contribution in [3.8, 4) is 17.0 Å². The Bertz CT molecular complexity index is 1030. The zero-order valence-corrected chi connectivity index (χ0v) is 15.8. The number of anilines is 1. The molecular formula is C19H17N3O4S. The number of carbonyl (C=O) groups excluding carboxylic acids is 1. The molecule has 0 atom stereocenters. The van der Waals surface area contributed by atoms with Crippen LogP contribution in [0.25, 0.3) is 11.3 Å². The van der Waals surface area contributed by atoms with E-state index in [1.165, 1.54) is 42.2 Å². The monoisotopic (exact) mass is 383 g/mol. The summed E-state index contributed by atoms with van der Waals surface area (Å²) in [7, 11) is 1.34. The number of nitrogens with one attached hydrogen (secondary N) is 1. The first kappa shape index (κ1) is 18.5. The minimum absolute atomic E-state index is 0.0998. The van der Waals surface area contributed by atoms with Crippen LogP contribution in [0.4, 0.5) is 10.8 Å². The molecule has 0 fully saturated rings. The Morgan fingerprint density at radius 2 is 1.96 bits per heavy atom. The lowest BCUT2D eigenvalue weighted by atomic mass is 10.1. The van der Waals surface area contributed by atoms with E-state index in [0.29, 0.717) is 5.13 Å². The second-order valence-electron chi connectivity index (χ2n) is 5.93. The van der Waals surface area contributed by atoms with Gasteiger partial charge in [-0.1, -0.05) is 12.1 Å². The maximum absolute atomic E-state index is 12.4. The van der Waals surface area contributed by atoms with Crippen LogP contribution in [-0.4, -0.2) is 22.9 Å². The summed E-state index contributed by atoms with van der Waals surface area (Å²) in [6, 6.07) is 10.1. The minimum atomic E-state index is -0.586. The molecule has 2 aromatic carbocycles. The largest absolute Gasteiger partial charge is 0.490 e. The van der Waals surface area contributed by atoms with Crippen molar-refractivity contribution in [2.45, 2.75) is 13.8 Å². The van der Waals surface area contributed by atoms with Crippen LogP contribution in [0, 0.1) is 24.0 Å². The van der Waals surface area contributed by atoms with Crippen LogP contribution in [0.15, 0.2) is 41.8 Å². The summed E-state index contributed by atoms with van der Waals surface area (Å²) in [4.78, 5) is 27.4. The fourth-order valence-corrected chi connectivity index (χ4v) is 3.22. The number of hydrogen-bond acceptors (Lipinski definition) is 6. The summed E-state index contributed by atoms with van der Waals surface area (Å²) in [6.07, 6.45) is 0. The molecule has 0 radical (unpaired) electrons. The van der Waals surface area contributed by atoms with Crippen molar-refractivity contribution in [1.29, 1.82) is 0 Å². The SMILES string of the molecule is COc1ccc(C(=O)Nc2nc(-c3ccc(C)c(C)c3)cs2)cc1[N+](=O)[O-]. The lowest BCUT2D eigenvalue weighted by Crippen LogP contribution is -2.12. The Morgan fingerprint density at radius 3 is 2.63 bits per heavy atom. The predicted molar refractivity (Wildman–Crippen MR) is 105 cm³/mol. The maximum Gasteiger partial charge on any atom is 0.311 e. The van der Waals surface area contributed by atoms with Crippen LogP contribution in [0.5, 0.6) is 5.75 Å². The molecule has 0 aliphatic carbocycles. The highest BCUT2D eigenvalue weighted by atomic mass is 32.1. The molecule has 0 aliphatic rings. The molecule has 0 aliphatic heterocycles. The van der Waals surface area contributed by atoms with Gasteiger partial charge in [-0.2, -0.15) is 0 Å². The Hall–Kier alpha value is -3.26. The van der Waals surface area contributed by atoms with Gasteiger partial charge in [0.25, 0.3) is 5.91 Å². The molecule has 3 rings (SSSR count). The fraction of sp³-hybridized carbons (Fsp3) is 0.158. The maximum atomic E-state index is 12.4. The second-order valence-corrected chi connectivity index (χ2v) is 6.79. The van der Waals surface area contributed by atoms with Crippen LogP contribution in [0.3, 0.4) is 0 Å². The number of rotatable bonds is 5. The zero-order chi connectivity index (χ0) is 19.6. The molecule has 1 aromatic heterocycles. The molecule has 3 aromatic rings. The fourth-order valence-electron chi connectivity index (χ4n) is 2.51. The van der Waals surface area contributed by atoms with Gasteiger partial charge in [-0.3, -0.25) is 20.2 Å². The quantitative estimate of drug-likeness (QED) is 0.513. The number of thiazole rings is 1. The minimum Gasteiger partial charge on any atom is -0.490 e. The van der Waals surface area contributed by atoms with Gasteiger partial charge in [-0.25, -0.2) is 4.98 Å². The van der Waals surface area contributed by atoms with Crippen molar-refractivity contribution in [2.24, 2.45) is 0 Å². The smallest absolute Gasteiger partial charge is 0.311 e. The van der Waals surface area contributed by atoms with Crippen LogP contribution < -0.4 is 10.1 Å². The highest BCUT2D eigenvalue weighted by Gasteiger charge is 2.19. The summed E-state index contributed by atoms with van der Waals surface area (Å²) in [5, 5.41) is 16.1. The molecule has 0 spiro atoms. The third kappa shape index (κ3) is 3.95. The predicted octanol–water partition coefficient (Wildman–Crippen LogP) is 4.60. The first-order valence-electron chi connectivity index (χ1n) is 8.06. The normalized spacial score (nSPS) is 10.5. The van der Waals surface area contributed by atoms with Gasteiger partial charge in [0.05, 0.1) is 17.7 Å². The van der Waals surface area contributed by atoms with Gasteiger partial charge in [0.15, 0.2) is 10.9 Å². The van der Waals surface area contributed by atoms with E-state index in [1.54, 1.807) is 0 Å². The van der Waals surface area contributed by atoms with E-state index in [1.807, 2.05) is 37.4 Å². The van der Waals surface area contributed by atoms with Crippen LogP contribution in [-0.2, 0) is 0 Å². The number of ether oxygens (including phenoxy) is 1. The van der Waals surface area contributed by atoms with E-state index in [4.69, 9.17) is 4.74 Å². The van der Waals surface area contributed by atoms with Crippen molar-refractivity contribution < 1.29 is 14.5 Å². The summed E-state index contributed by atoms with van der Waals surface area (Å²) in [5.74, 6) is -0.371. The van der Waals surface area contributed by atoms with Crippen molar-refractivity contribution in [3.05, 3.63) is 68.6 Å². The van der Waals surface area contributed by atoms with Gasteiger partial charge >= 0.3 is 5.69 Å². The average molecular weight is 383 g/mol. The number of nitro benzene ring substituents is 1. The zero-order valence-electron chi connectivity index (χ0n) is 15.0. The first-order valence-corrected chi connectivity index (χ1v) is 8.94. The lowest BCUT2D eigenvalue weighted by molar-refractivity contribution is -0.385. The lowest BCUT2D eigenvalue weighted by Gasteiger charge is -2.05. The van der Waals surface area contributed by atoms with Crippen molar-refractivity contribution in [3.63, 3.8) is 0 Å². The number of hydrogen-bond donors (Lipinski definition) is 1. The van der Waals surface area contributed by atoms with E-state index in [0.717, 1.165) is 16.8 Å². The number of nitrogens with zero attached hydrogens (tertiary/aromatic N) is 2. The number of methoxy groups -OCH3 is 1. The second kappa shape index (κ2) is 7.55. The Labute approximate surface area is 159 Å². The number of carbonyl (C=O) groups is 1. The standard InChI is InChI=1S/C19H17N3O4S/c1-11-4-5-13(8-12(11)2)15-10-27-19(20-15)21-18(23)14-6-7-17(26-3)16(9-14)22(24)25/h4-10H,1-3H3,(H,20,21,23). The molecule has 1 N–H and O–H groups in total. The molecule has 8 heteroatoms. The van der Waals surface area contributed by atoms with E-state index in [9.17, 15) is 14.9 Å². The molecule has 0 saturated heterocycles. The average Bonchev–Trinajstić information content (AvgIpc) is 3.11. The molecule has 1 amide bonds. The molecule has 0 unspecified atom stereocenters. The molecule has 27 heavy (non-hydrogen) atoms. The summed E-state index contributed by atoms with van der Waals surface area (Å²) >= 11 is 1.29. The van der Waals surface area contributed by atoms with Crippen molar-refractivity contribution >= 4 is 28.1 Å². The van der Waals surface area contributed by atoms with E-state index in [2.05, 4.69) is 10.3 Å². The van der Waals surface area contributed by atoms with E-state index < -0.39 is 10.8 Å². The van der Waals surface area contributed by atoms with Crippen molar-refractivity contribution in [2.75, 3.05) is 12.4 Å². The topological polar surface area (TPSA) is 94.4 Å². The van der Waals surface area contributed by atoms with Gasteiger partial charge in [0.1, 0.15) is 0 Å². The molecule has 0 saturated carbocycles. The van der Waals surface area contributed by atoms with Gasteiger partial charge < -0.3 is 4.74 Å². The van der Waals surface area contributed by atoms with E-state index >= 15 is 0 Å². The number of benzene rings is 2. The Kier molecular flexibility index (Phi) is 5.18. The molecule has 138 valence electrons. The highest BCUT2D eigenvalue weighted by molar-refractivity contribution is 7.14. The van der Waals surface area contributed by atoms with E-state index in [-0.39, 0.29) is 17.0 Å². The van der Waals surface area contributed by atoms with Crippen LogP contribution in [0.2, 0.25) is 0 Å². The molecule has 0 bridgehead atoms. The van der Waals surface area contributed by atoms with Gasteiger partial charge in [0.2, 0.25) is 0 Å². The van der Waals surface area contributed by atoms with Gasteiger partial charge in [-0.05, 0) is 43.2 Å². The summed E-state index contributed by atoms with van der Waals surface area (Å²) in [6.45, 7) is 4.07. The Morgan fingerprint density at radius 1 is 1.19 bits per heavy atom. The third-order valence-electron chi connectivity index (χ3n) is 4.17. The first-order chi connectivity index (χ1) is 12.9. The van der Waals surface area contributed by atoms with Gasteiger partial charge in [0, 0.05) is 22.6 Å². The molecule has 1 heterocycles. The molecular weight excluding hydrogens is 366 g/mol. The molecule has 7 nitrogen and oxygen atoms in total. The van der Waals surface area contributed by atoms with Crippen molar-refractivity contribution in [1.82, 2.24) is 4.98 Å². The van der Waals surface area contributed by atoms with Crippen LogP contribution in [0.1, 0.15) is 21.5 Å².